The molecule has 0 radical (unpaired) electrons. The number of hydrogen-bond donors (Lipinski definition) is 0. The number of aromatic nitrogens is 2. The van der Waals surface area contributed by atoms with Gasteiger partial charge in [0.1, 0.15) is 12.3 Å². The van der Waals surface area contributed by atoms with E-state index in [2.05, 4.69) is 21.1 Å². The highest BCUT2D eigenvalue weighted by Gasteiger charge is 2.31. The molecule has 3 aromatic rings. The van der Waals surface area contributed by atoms with E-state index in [1.807, 2.05) is 5.38 Å². The summed E-state index contributed by atoms with van der Waals surface area (Å²) < 4.78 is 27.3. The van der Waals surface area contributed by atoms with Gasteiger partial charge in [0.05, 0.1) is 25.2 Å². The van der Waals surface area contributed by atoms with Crippen molar-refractivity contribution in [3.05, 3.63) is 81.5 Å². The van der Waals surface area contributed by atoms with Crippen molar-refractivity contribution in [3.63, 3.8) is 0 Å². The van der Waals surface area contributed by atoms with Crippen LogP contribution in [0, 0.1) is 0 Å². The van der Waals surface area contributed by atoms with Crippen LogP contribution in [-0.2, 0) is 16.2 Å². The molecule has 0 aliphatic carbocycles. The Morgan fingerprint density at radius 1 is 1.18 bits per heavy atom. The number of carbonyl (C=O) groups excluding carboxylic acids is 1. The average Bonchev–Trinajstić information content (AvgIpc) is 3.56. The van der Waals surface area contributed by atoms with Crippen molar-refractivity contribution in [2.75, 3.05) is 13.1 Å². The zero-order chi connectivity index (χ0) is 27.8. The van der Waals surface area contributed by atoms with E-state index in [1.54, 1.807) is 17.0 Å². The van der Waals surface area contributed by atoms with Crippen LogP contribution in [0.3, 0.4) is 0 Å². The molecule has 5 rings (SSSR count). The van der Waals surface area contributed by atoms with Gasteiger partial charge in [-0.3, -0.25) is 9.59 Å². The van der Waals surface area contributed by atoms with Crippen molar-refractivity contribution in [2.24, 2.45) is 5.16 Å². The van der Waals surface area contributed by atoms with Crippen LogP contribution >= 0.6 is 62.1 Å². The van der Waals surface area contributed by atoms with E-state index in [-0.39, 0.29) is 28.4 Å². The first kappa shape index (κ1) is 28.5. The molecule has 2 aliphatic heterocycles. The zero-order valence-corrected chi connectivity index (χ0v) is 24.7. The molecule has 7 nitrogen and oxygen atoms in total. The molecule has 0 N–H and O–H groups in total. The highest BCUT2D eigenvalue weighted by Crippen LogP contribution is 2.40. The van der Waals surface area contributed by atoms with Crippen molar-refractivity contribution in [3.8, 4) is 0 Å². The van der Waals surface area contributed by atoms with Crippen LogP contribution in [0.15, 0.2) is 44.2 Å². The van der Waals surface area contributed by atoms with E-state index >= 15 is 0 Å². The van der Waals surface area contributed by atoms with Gasteiger partial charge in [0.15, 0.2) is 6.10 Å². The lowest BCUT2D eigenvalue weighted by atomic mass is 9.97. The minimum absolute atomic E-state index is 0.00525. The van der Waals surface area contributed by atoms with Crippen molar-refractivity contribution in [1.29, 1.82) is 0 Å². The summed E-state index contributed by atoms with van der Waals surface area (Å²) in [4.78, 5) is 37.2. The number of amides is 1. The van der Waals surface area contributed by atoms with Crippen LogP contribution in [0.25, 0.3) is 0 Å². The smallest absolute Gasteiger partial charge is 0.265 e. The second-order valence-electron chi connectivity index (χ2n) is 9.20. The van der Waals surface area contributed by atoms with E-state index in [9.17, 15) is 18.4 Å². The van der Waals surface area contributed by atoms with Gasteiger partial charge in [-0.1, -0.05) is 40.0 Å². The number of thiazole rings is 1. The highest BCUT2D eigenvalue weighted by atomic mass is 79.9. The SMILES string of the molecule is O=C(Cn1cc(C(F)F)cc(Br)c1=O)N1CCC(c2nc(C3=NOC(c4c(Cl)cc(Cl)cc4Cl)C3)cs2)CC1. The number of alkyl halides is 2. The highest BCUT2D eigenvalue weighted by molar-refractivity contribution is 9.10. The molecule has 0 spiro atoms. The fourth-order valence-electron chi connectivity index (χ4n) is 4.63. The number of benzene rings is 1. The topological polar surface area (TPSA) is 76.8 Å². The number of rotatable bonds is 6. The van der Waals surface area contributed by atoms with Gasteiger partial charge in [-0.25, -0.2) is 13.8 Å². The Labute approximate surface area is 249 Å². The van der Waals surface area contributed by atoms with Crippen LogP contribution < -0.4 is 5.56 Å². The van der Waals surface area contributed by atoms with Crippen molar-refractivity contribution >= 4 is 73.7 Å². The first-order chi connectivity index (χ1) is 18.6. The minimum atomic E-state index is -2.75. The normalized spacial score (nSPS) is 18.0. The van der Waals surface area contributed by atoms with Crippen LogP contribution in [-0.4, -0.2) is 39.2 Å². The third kappa shape index (κ3) is 6.17. The quantitative estimate of drug-likeness (QED) is 0.275. The first-order valence-corrected chi connectivity index (χ1v) is 14.7. The van der Waals surface area contributed by atoms with Gasteiger partial charge in [0.25, 0.3) is 12.0 Å². The first-order valence-electron chi connectivity index (χ1n) is 11.9. The Morgan fingerprint density at radius 2 is 1.87 bits per heavy atom. The lowest BCUT2D eigenvalue weighted by Crippen LogP contribution is -2.41. The summed E-state index contributed by atoms with van der Waals surface area (Å²) >= 11 is 23.2. The largest absolute Gasteiger partial charge is 0.387 e. The van der Waals surface area contributed by atoms with Crippen LogP contribution in [0.5, 0.6) is 0 Å². The molecule has 39 heavy (non-hydrogen) atoms. The Morgan fingerprint density at radius 3 is 2.54 bits per heavy atom. The van der Waals surface area contributed by atoms with Crippen LogP contribution in [0.2, 0.25) is 15.1 Å². The molecule has 0 bridgehead atoms. The zero-order valence-electron chi connectivity index (χ0n) is 20.1. The number of hydrogen-bond acceptors (Lipinski definition) is 6. The molecule has 1 amide bonds. The van der Waals surface area contributed by atoms with Gasteiger partial charge in [0.2, 0.25) is 5.91 Å². The van der Waals surface area contributed by atoms with Crippen molar-refractivity contribution in [1.82, 2.24) is 14.5 Å². The standard InChI is InChI=1S/C25H20BrCl3F2N4O3S/c26-15-5-13(23(30)31)9-35(25(15)37)10-21(36)34-3-1-12(2-4-34)24-32-19(11-39-24)18-8-20(38-33-18)22-16(28)6-14(27)7-17(22)29/h5-7,9,11-12,20,23H,1-4,8,10H2. The summed E-state index contributed by atoms with van der Waals surface area (Å²) in [5.74, 6) is -0.137. The molecular weight excluding hydrogens is 661 g/mol. The molecule has 2 aliphatic rings. The number of nitrogens with zero attached hydrogens (tertiary/aromatic N) is 4. The van der Waals surface area contributed by atoms with Gasteiger partial charge in [0, 0.05) is 53.2 Å². The van der Waals surface area contributed by atoms with Gasteiger partial charge >= 0.3 is 0 Å². The molecule has 2 aromatic heterocycles. The molecular formula is C25H20BrCl3F2N4O3S. The average molecular weight is 681 g/mol. The monoisotopic (exact) mass is 678 g/mol. The molecule has 0 saturated carbocycles. The lowest BCUT2D eigenvalue weighted by molar-refractivity contribution is -0.133. The molecule has 1 aromatic carbocycles. The predicted molar refractivity (Wildman–Crippen MR) is 150 cm³/mol. The van der Waals surface area contributed by atoms with Crippen LogP contribution in [0.4, 0.5) is 8.78 Å². The molecule has 1 fully saturated rings. The number of likely N-dealkylation sites (tertiary alicyclic amines) is 1. The molecule has 1 atom stereocenters. The number of pyridine rings is 1. The van der Waals surface area contributed by atoms with Crippen LogP contribution in [0.1, 0.15) is 59.5 Å². The van der Waals surface area contributed by atoms with E-state index < -0.39 is 18.1 Å². The van der Waals surface area contributed by atoms with Crippen molar-refractivity contribution < 1.29 is 18.4 Å². The summed E-state index contributed by atoms with van der Waals surface area (Å²) in [6, 6.07) is 4.30. The number of carbonyl (C=O) groups is 1. The maximum absolute atomic E-state index is 13.1. The van der Waals surface area contributed by atoms with Gasteiger partial charge < -0.3 is 14.3 Å². The number of piperidine rings is 1. The van der Waals surface area contributed by atoms with Gasteiger partial charge in [-0.2, -0.15) is 0 Å². The predicted octanol–water partition coefficient (Wildman–Crippen LogP) is 7.24. The summed E-state index contributed by atoms with van der Waals surface area (Å²) in [7, 11) is 0. The van der Waals surface area contributed by atoms with E-state index in [0.717, 1.165) is 27.5 Å². The summed E-state index contributed by atoms with van der Waals surface area (Å²) in [5.41, 5.74) is 1.19. The van der Waals surface area contributed by atoms with Crippen molar-refractivity contribution in [2.45, 2.75) is 44.3 Å². The Kier molecular flexibility index (Phi) is 8.63. The Bertz CT molecular complexity index is 1480. The van der Waals surface area contributed by atoms with Gasteiger partial charge in [-0.15, -0.1) is 11.3 Å². The van der Waals surface area contributed by atoms with Gasteiger partial charge in [-0.05, 0) is 47.0 Å². The molecule has 1 unspecified atom stereocenters. The van der Waals surface area contributed by atoms with E-state index in [1.165, 1.54) is 11.3 Å². The maximum atomic E-state index is 13.1. The third-order valence-electron chi connectivity index (χ3n) is 6.67. The summed E-state index contributed by atoms with van der Waals surface area (Å²) in [5, 5.41) is 8.34. The third-order valence-corrected chi connectivity index (χ3v) is 9.09. The van der Waals surface area contributed by atoms with E-state index in [4.69, 9.17) is 44.6 Å². The molecule has 1 saturated heterocycles. The fraction of sp³-hybridized carbons (Fsp3) is 0.360. The summed E-state index contributed by atoms with van der Waals surface area (Å²) in [6.07, 6.45) is -0.311. The molecule has 4 heterocycles. The fourth-order valence-corrected chi connectivity index (χ4v) is 7.18. The number of oxime groups is 1. The molecule has 14 heteroatoms. The summed E-state index contributed by atoms with van der Waals surface area (Å²) in [6.45, 7) is 0.651. The Balaban J connectivity index is 1.19. The second kappa shape index (κ2) is 11.8. The number of halogens is 6. The Hall–Kier alpha value is -2.05. The van der Waals surface area contributed by atoms with E-state index in [0.29, 0.717) is 58.7 Å². The maximum Gasteiger partial charge on any atom is 0.265 e. The minimum Gasteiger partial charge on any atom is -0.387 e. The second-order valence-corrected chi connectivity index (χ2v) is 12.2. The lowest BCUT2D eigenvalue weighted by Gasteiger charge is -2.31. The molecule has 206 valence electrons.